The van der Waals surface area contributed by atoms with Crippen molar-refractivity contribution < 1.29 is 26.7 Å². The van der Waals surface area contributed by atoms with E-state index in [2.05, 4.69) is 16.5 Å². The van der Waals surface area contributed by atoms with Gasteiger partial charge in [0, 0.05) is 44.1 Å². The molecule has 0 amide bonds. The van der Waals surface area contributed by atoms with Crippen molar-refractivity contribution in [2.75, 3.05) is 19.6 Å². The van der Waals surface area contributed by atoms with Gasteiger partial charge in [-0.25, -0.2) is 8.42 Å². The first-order valence-electron chi connectivity index (χ1n) is 10.1. The van der Waals surface area contributed by atoms with E-state index in [4.69, 9.17) is 0 Å². The molecule has 174 valence electrons. The van der Waals surface area contributed by atoms with Gasteiger partial charge in [-0.2, -0.15) is 13.2 Å². The number of aromatic hydroxyl groups is 1. The average Bonchev–Trinajstić information content (AvgIpc) is 2.71. The molecule has 0 bridgehead atoms. The zero-order valence-corrected chi connectivity index (χ0v) is 18.6. The summed E-state index contributed by atoms with van der Waals surface area (Å²) in [7, 11) is -5.80. The number of phenols is 1. The molecule has 0 saturated carbocycles. The third kappa shape index (κ3) is 4.53. The molecule has 6 nitrogen and oxygen atoms in total. The number of benzene rings is 1. The van der Waals surface area contributed by atoms with E-state index < -0.39 is 32.0 Å². The second-order valence-corrected chi connectivity index (χ2v) is 9.85. The number of halogens is 3. The Morgan fingerprint density at radius 2 is 1.94 bits per heavy atom. The fourth-order valence-electron chi connectivity index (χ4n) is 4.26. The smallest absolute Gasteiger partial charge is 0.502 e. The van der Waals surface area contributed by atoms with E-state index in [0.717, 1.165) is 6.07 Å². The van der Waals surface area contributed by atoms with Crippen LogP contribution < -0.4 is 0 Å². The molecule has 1 aliphatic rings. The average molecular weight is 470 g/mol. The van der Waals surface area contributed by atoms with E-state index in [1.807, 2.05) is 18.7 Å². The van der Waals surface area contributed by atoms with Crippen LogP contribution in [0.1, 0.15) is 31.0 Å². The SMILES string of the molecule is C=CCN1C[C@H](C)N([C@@H](c2cccnc2)c2cccc(O)c2S(=O)(=O)C(F)(F)F)C[C@H]1C. The minimum absolute atomic E-state index is 0.0448. The highest BCUT2D eigenvalue weighted by Gasteiger charge is 2.50. The van der Waals surface area contributed by atoms with Crippen LogP contribution in [-0.2, 0) is 9.84 Å². The summed E-state index contributed by atoms with van der Waals surface area (Å²) < 4.78 is 65.5. The van der Waals surface area contributed by atoms with E-state index in [-0.39, 0.29) is 17.6 Å². The summed E-state index contributed by atoms with van der Waals surface area (Å²) in [5.41, 5.74) is -5.15. The Kier molecular flexibility index (Phi) is 6.97. The van der Waals surface area contributed by atoms with Crippen molar-refractivity contribution in [3.63, 3.8) is 0 Å². The van der Waals surface area contributed by atoms with E-state index in [1.54, 1.807) is 18.2 Å². The molecule has 0 spiro atoms. The first kappa shape index (κ1) is 24.2. The number of piperazine rings is 1. The number of alkyl halides is 3. The Balaban J connectivity index is 2.21. The van der Waals surface area contributed by atoms with Gasteiger partial charge in [0.15, 0.2) is 0 Å². The molecule has 1 aromatic carbocycles. The van der Waals surface area contributed by atoms with Crippen molar-refractivity contribution >= 4 is 9.84 Å². The van der Waals surface area contributed by atoms with Crippen molar-refractivity contribution in [3.8, 4) is 5.75 Å². The minimum Gasteiger partial charge on any atom is -0.507 e. The van der Waals surface area contributed by atoms with Gasteiger partial charge in [-0.1, -0.05) is 24.3 Å². The molecule has 3 rings (SSSR count). The lowest BCUT2D eigenvalue weighted by Crippen LogP contribution is -2.57. The molecule has 1 aromatic heterocycles. The second-order valence-electron chi connectivity index (χ2n) is 7.97. The number of aromatic nitrogens is 1. The summed E-state index contributed by atoms with van der Waals surface area (Å²) in [6.07, 6.45) is 4.83. The van der Waals surface area contributed by atoms with Gasteiger partial charge in [-0.15, -0.1) is 6.58 Å². The maximum Gasteiger partial charge on any atom is 0.502 e. The molecule has 32 heavy (non-hydrogen) atoms. The number of hydrogen-bond acceptors (Lipinski definition) is 6. The first-order chi connectivity index (χ1) is 15.0. The zero-order valence-electron chi connectivity index (χ0n) is 17.8. The molecule has 1 N–H and O–H groups in total. The molecule has 1 saturated heterocycles. The molecule has 1 fully saturated rings. The number of nitrogens with zero attached hydrogens (tertiary/aromatic N) is 3. The third-order valence-electron chi connectivity index (χ3n) is 5.75. The Hall–Kier alpha value is -2.43. The van der Waals surface area contributed by atoms with E-state index in [1.165, 1.54) is 24.5 Å². The highest BCUT2D eigenvalue weighted by atomic mass is 32.2. The predicted octanol–water partition coefficient (Wildman–Crippen LogP) is 3.75. The Labute approximate surface area is 185 Å². The fourth-order valence-corrected chi connectivity index (χ4v) is 5.32. The van der Waals surface area contributed by atoms with Crippen LogP contribution in [0.3, 0.4) is 0 Å². The molecule has 0 aliphatic carbocycles. The summed E-state index contributed by atoms with van der Waals surface area (Å²) in [6.45, 7) is 9.45. The largest absolute Gasteiger partial charge is 0.507 e. The summed E-state index contributed by atoms with van der Waals surface area (Å²) in [5, 5.41) is 10.3. The van der Waals surface area contributed by atoms with Crippen molar-refractivity contribution in [2.45, 2.75) is 42.4 Å². The standard InChI is InChI=1S/C22H26F3N3O3S/c1-4-11-27-13-16(3)28(14-15(27)2)20(17-7-6-10-26-12-17)18-8-5-9-19(29)21(18)32(30,31)22(23,24)25/h4-10,12,15-16,20,29H,1,11,13-14H2,2-3H3/t15-,16+,20+/m1/s1. The summed E-state index contributed by atoms with van der Waals surface area (Å²) in [4.78, 5) is 7.14. The molecule has 0 unspecified atom stereocenters. The van der Waals surface area contributed by atoms with E-state index in [0.29, 0.717) is 25.2 Å². The van der Waals surface area contributed by atoms with Crippen molar-refractivity contribution in [1.29, 1.82) is 0 Å². The molecule has 0 radical (unpaired) electrons. The van der Waals surface area contributed by atoms with Crippen LogP contribution >= 0.6 is 0 Å². The van der Waals surface area contributed by atoms with Gasteiger partial charge >= 0.3 is 5.51 Å². The molecule has 2 heterocycles. The third-order valence-corrected chi connectivity index (χ3v) is 7.34. The number of sulfone groups is 1. The normalized spacial score (nSPS) is 21.9. The van der Waals surface area contributed by atoms with Gasteiger partial charge < -0.3 is 5.11 Å². The maximum atomic E-state index is 13.5. The van der Waals surface area contributed by atoms with Gasteiger partial charge in [0.25, 0.3) is 9.84 Å². The summed E-state index contributed by atoms with van der Waals surface area (Å²) in [6, 6.07) is 6.03. The molecule has 2 aromatic rings. The Bertz CT molecular complexity index is 1060. The van der Waals surface area contributed by atoms with Crippen LogP contribution in [0.15, 0.2) is 60.3 Å². The van der Waals surface area contributed by atoms with Crippen molar-refractivity contribution in [3.05, 3.63) is 66.5 Å². The lowest BCUT2D eigenvalue weighted by molar-refractivity contribution is -0.0438. The van der Waals surface area contributed by atoms with E-state index in [9.17, 15) is 26.7 Å². The van der Waals surface area contributed by atoms with Crippen LogP contribution in [0.2, 0.25) is 0 Å². The maximum absolute atomic E-state index is 13.5. The fraction of sp³-hybridized carbons (Fsp3) is 0.409. The highest BCUT2D eigenvalue weighted by Crippen LogP contribution is 2.43. The number of hydrogen-bond donors (Lipinski definition) is 1. The number of phenolic OH excluding ortho intramolecular Hbond substituents is 1. The monoisotopic (exact) mass is 469 g/mol. The molecule has 1 aliphatic heterocycles. The van der Waals surface area contributed by atoms with Crippen molar-refractivity contribution in [2.24, 2.45) is 0 Å². The minimum atomic E-state index is -5.80. The number of rotatable bonds is 6. The second kappa shape index (κ2) is 9.21. The van der Waals surface area contributed by atoms with Gasteiger partial charge in [0.05, 0.1) is 6.04 Å². The van der Waals surface area contributed by atoms with E-state index >= 15 is 0 Å². The summed E-state index contributed by atoms with van der Waals surface area (Å²) >= 11 is 0. The first-order valence-corrected chi connectivity index (χ1v) is 11.6. The number of pyridine rings is 1. The lowest BCUT2D eigenvalue weighted by Gasteiger charge is -2.47. The molecule has 3 atom stereocenters. The van der Waals surface area contributed by atoms with Gasteiger partial charge in [0.2, 0.25) is 0 Å². The molecular weight excluding hydrogens is 443 g/mol. The van der Waals surface area contributed by atoms with Crippen molar-refractivity contribution in [1.82, 2.24) is 14.8 Å². The lowest BCUT2D eigenvalue weighted by atomic mass is 9.94. The van der Waals surface area contributed by atoms with Crippen LogP contribution in [0, 0.1) is 0 Å². The topological polar surface area (TPSA) is 73.7 Å². The Morgan fingerprint density at radius 3 is 2.53 bits per heavy atom. The van der Waals surface area contributed by atoms with Crippen LogP contribution in [-0.4, -0.2) is 65.5 Å². The summed E-state index contributed by atoms with van der Waals surface area (Å²) in [5.74, 6) is -0.931. The van der Waals surface area contributed by atoms with Gasteiger partial charge in [-0.3, -0.25) is 14.8 Å². The highest BCUT2D eigenvalue weighted by molar-refractivity contribution is 7.92. The predicted molar refractivity (Wildman–Crippen MR) is 115 cm³/mol. The van der Waals surface area contributed by atoms with Crippen LogP contribution in [0.5, 0.6) is 5.75 Å². The van der Waals surface area contributed by atoms with Crippen LogP contribution in [0.4, 0.5) is 13.2 Å². The quantitative estimate of drug-likeness (QED) is 0.650. The van der Waals surface area contributed by atoms with Crippen LogP contribution in [0.25, 0.3) is 0 Å². The van der Waals surface area contributed by atoms with Gasteiger partial charge in [-0.05, 0) is 37.1 Å². The molecule has 10 heteroatoms. The zero-order chi connectivity index (χ0) is 23.7. The molecular formula is C22H26F3N3O3S. The van der Waals surface area contributed by atoms with Gasteiger partial charge in [0.1, 0.15) is 10.6 Å². The Morgan fingerprint density at radius 1 is 1.22 bits per heavy atom.